The van der Waals surface area contributed by atoms with Gasteiger partial charge in [0.2, 0.25) is 0 Å². The van der Waals surface area contributed by atoms with Crippen LogP contribution < -0.4 is 0 Å². The van der Waals surface area contributed by atoms with Gasteiger partial charge >= 0.3 is 13.8 Å². The third kappa shape index (κ3) is 42.8. The minimum atomic E-state index is -4.51. The smallest absolute Gasteiger partial charge is 0.457 e. The van der Waals surface area contributed by atoms with E-state index >= 15 is 0 Å². The second-order valence-corrected chi connectivity index (χ2v) is 17.6. The van der Waals surface area contributed by atoms with Gasteiger partial charge in [-0.05, 0) is 38.5 Å². The number of phosphoric acid groups is 1. The molecule has 0 saturated carbocycles. The van der Waals surface area contributed by atoms with Gasteiger partial charge in [-0.1, -0.05) is 199 Å². The number of aliphatic hydroxyl groups excluding tert-OH is 2. The second-order valence-electron chi connectivity index (χ2n) is 16.1. The Morgan fingerprint density at radius 1 is 0.536 bits per heavy atom. The van der Waals surface area contributed by atoms with Crippen LogP contribution in [0.4, 0.5) is 0 Å². The lowest BCUT2D eigenvalue weighted by molar-refractivity contribution is -0.154. The van der Waals surface area contributed by atoms with E-state index < -0.39 is 33.2 Å². The number of carbonyl (C=O) groups excluding carboxylic acids is 1. The van der Waals surface area contributed by atoms with Crippen LogP contribution in [0.15, 0.2) is 12.2 Å². The van der Waals surface area contributed by atoms with Crippen molar-refractivity contribution in [2.24, 2.45) is 0 Å². The maximum atomic E-state index is 12.6. The molecule has 0 aliphatic carbocycles. The molecular weight excluding hydrogens is 727 g/mol. The molecule has 3 N–H and O–H groups in total. The molecule has 56 heavy (non-hydrogen) atoms. The second kappa shape index (κ2) is 43.8. The fourth-order valence-corrected chi connectivity index (χ4v) is 7.61. The molecule has 0 aliphatic rings. The molecule has 0 aromatic heterocycles. The largest absolute Gasteiger partial charge is 0.472 e. The number of allylic oxidation sites excluding steroid dienone is 2. The van der Waals surface area contributed by atoms with E-state index in [1.165, 1.54) is 167 Å². The van der Waals surface area contributed by atoms with Crippen molar-refractivity contribution in [3.05, 3.63) is 12.2 Å². The van der Waals surface area contributed by atoms with Gasteiger partial charge in [-0.3, -0.25) is 13.8 Å². The average Bonchev–Trinajstić information content (AvgIpc) is 3.19. The predicted octanol–water partition coefficient (Wildman–Crippen LogP) is 13.3. The van der Waals surface area contributed by atoms with E-state index in [9.17, 15) is 19.4 Å². The number of hydrogen-bond donors (Lipinski definition) is 3. The van der Waals surface area contributed by atoms with Gasteiger partial charge in [-0.25, -0.2) is 4.57 Å². The van der Waals surface area contributed by atoms with Crippen LogP contribution in [0, 0.1) is 0 Å². The van der Waals surface area contributed by atoms with Crippen LogP contribution >= 0.6 is 7.82 Å². The van der Waals surface area contributed by atoms with E-state index in [0.29, 0.717) is 6.61 Å². The summed E-state index contributed by atoms with van der Waals surface area (Å²) in [5.41, 5.74) is 0. The zero-order valence-corrected chi connectivity index (χ0v) is 37.5. The highest BCUT2D eigenvalue weighted by molar-refractivity contribution is 7.47. The van der Waals surface area contributed by atoms with Gasteiger partial charge < -0.3 is 24.6 Å². The van der Waals surface area contributed by atoms with Crippen molar-refractivity contribution in [3.63, 3.8) is 0 Å². The lowest BCUT2D eigenvalue weighted by atomic mass is 10.0. The molecule has 0 aromatic rings. The monoisotopic (exact) mass is 819 g/mol. The number of ether oxygens (including phenoxy) is 2. The first-order valence-electron chi connectivity index (χ1n) is 23.7. The molecule has 0 heterocycles. The summed E-state index contributed by atoms with van der Waals surface area (Å²) < 4.78 is 33.5. The molecule has 0 radical (unpaired) electrons. The molecule has 0 amide bonds. The van der Waals surface area contributed by atoms with Gasteiger partial charge in [0.1, 0.15) is 12.2 Å². The fourth-order valence-electron chi connectivity index (χ4n) is 6.82. The van der Waals surface area contributed by atoms with Gasteiger partial charge in [-0.15, -0.1) is 0 Å². The Kier molecular flexibility index (Phi) is 43.1. The molecular formula is C46H91O9P. The molecule has 0 rings (SSSR count). The molecule has 0 bridgehead atoms. The van der Waals surface area contributed by atoms with E-state index in [4.69, 9.17) is 23.6 Å². The number of hydrogen-bond acceptors (Lipinski definition) is 8. The third-order valence-electron chi connectivity index (χ3n) is 10.5. The van der Waals surface area contributed by atoms with E-state index in [1.54, 1.807) is 0 Å². The quantitative estimate of drug-likeness (QED) is 0.0238. The number of rotatable bonds is 46. The van der Waals surface area contributed by atoms with Gasteiger partial charge in [0, 0.05) is 13.0 Å². The summed E-state index contributed by atoms with van der Waals surface area (Å²) in [6.45, 7) is 3.56. The Morgan fingerprint density at radius 2 is 0.911 bits per heavy atom. The van der Waals surface area contributed by atoms with Crippen LogP contribution in [-0.2, 0) is 27.9 Å². The molecule has 0 saturated heterocycles. The maximum Gasteiger partial charge on any atom is 0.472 e. The van der Waals surface area contributed by atoms with Crippen LogP contribution in [0.1, 0.15) is 232 Å². The third-order valence-corrected chi connectivity index (χ3v) is 11.4. The average molecular weight is 819 g/mol. The minimum Gasteiger partial charge on any atom is -0.457 e. The SMILES string of the molecule is CCCCCCCC/C=C\CCCCCCCCCC(=O)O[C@H](COCCCCCCCCCCCCCCCCCCCC)COP(=O)(O)OC[C@@H](O)CO. The Balaban J connectivity index is 4.09. The number of aliphatic hydroxyl groups is 2. The molecule has 334 valence electrons. The van der Waals surface area contributed by atoms with Crippen molar-refractivity contribution in [3.8, 4) is 0 Å². The minimum absolute atomic E-state index is 0.0538. The first-order valence-corrected chi connectivity index (χ1v) is 25.2. The Hall–Kier alpha value is -0.800. The standard InChI is InChI=1S/C46H91O9P/c1-3-5-7-9-11-13-15-17-19-21-23-25-27-29-31-33-35-37-39-52-42-45(43-54-56(50,51)53-41-44(48)40-47)55-46(49)38-36-34-32-30-28-26-24-22-20-18-16-14-12-10-8-6-4-2/h18,20,44-45,47-48H,3-17,19,21-43H2,1-2H3,(H,50,51)/b20-18-/t44-,45+/m0/s1. The summed E-state index contributed by atoms with van der Waals surface area (Å²) in [5, 5.41) is 18.4. The fraction of sp³-hybridized carbons (Fsp3) is 0.935. The Bertz CT molecular complexity index is 887. The summed E-state index contributed by atoms with van der Waals surface area (Å²) in [6, 6.07) is 0. The predicted molar refractivity (Wildman–Crippen MR) is 233 cm³/mol. The van der Waals surface area contributed by atoms with Gasteiger partial charge in [-0.2, -0.15) is 0 Å². The lowest BCUT2D eigenvalue weighted by Crippen LogP contribution is -2.29. The highest BCUT2D eigenvalue weighted by Crippen LogP contribution is 2.43. The highest BCUT2D eigenvalue weighted by atomic mass is 31.2. The van der Waals surface area contributed by atoms with Gasteiger partial charge in [0.25, 0.3) is 0 Å². The van der Waals surface area contributed by atoms with Crippen molar-refractivity contribution in [2.75, 3.05) is 33.0 Å². The molecule has 0 aromatic carbocycles. The molecule has 3 atom stereocenters. The Morgan fingerprint density at radius 3 is 1.34 bits per heavy atom. The van der Waals surface area contributed by atoms with Crippen LogP contribution in [-0.4, -0.2) is 66.3 Å². The molecule has 0 spiro atoms. The van der Waals surface area contributed by atoms with Crippen molar-refractivity contribution in [1.29, 1.82) is 0 Å². The first-order chi connectivity index (χ1) is 27.3. The van der Waals surface area contributed by atoms with E-state index in [-0.39, 0.29) is 25.6 Å². The van der Waals surface area contributed by atoms with Crippen molar-refractivity contribution in [2.45, 2.75) is 244 Å². The lowest BCUT2D eigenvalue weighted by Gasteiger charge is -2.20. The first kappa shape index (κ1) is 55.2. The van der Waals surface area contributed by atoms with Crippen molar-refractivity contribution < 1.29 is 43.0 Å². The summed E-state index contributed by atoms with van der Waals surface area (Å²) in [5.74, 6) is -0.382. The van der Waals surface area contributed by atoms with Gasteiger partial charge in [0.05, 0.1) is 26.4 Å². The summed E-state index contributed by atoms with van der Waals surface area (Å²) in [7, 11) is -4.51. The van der Waals surface area contributed by atoms with Gasteiger partial charge in [0.15, 0.2) is 0 Å². The van der Waals surface area contributed by atoms with E-state index in [0.717, 1.165) is 44.9 Å². The zero-order chi connectivity index (χ0) is 41.1. The number of unbranched alkanes of at least 4 members (excludes halogenated alkanes) is 30. The molecule has 0 fully saturated rings. The number of carbonyl (C=O) groups is 1. The van der Waals surface area contributed by atoms with Crippen molar-refractivity contribution >= 4 is 13.8 Å². The summed E-state index contributed by atoms with van der Waals surface area (Å²) in [4.78, 5) is 22.6. The number of esters is 1. The van der Waals surface area contributed by atoms with E-state index in [1.807, 2.05) is 0 Å². The summed E-state index contributed by atoms with van der Waals surface area (Å²) >= 11 is 0. The maximum absolute atomic E-state index is 12.6. The van der Waals surface area contributed by atoms with Crippen LogP contribution in [0.25, 0.3) is 0 Å². The molecule has 0 aliphatic heterocycles. The molecule has 1 unspecified atom stereocenters. The van der Waals surface area contributed by atoms with Crippen LogP contribution in [0.2, 0.25) is 0 Å². The summed E-state index contributed by atoms with van der Waals surface area (Å²) in [6.07, 6.45) is 44.5. The normalized spacial score (nSPS) is 14.0. The Labute approximate surface area is 345 Å². The topological polar surface area (TPSA) is 132 Å². The highest BCUT2D eigenvalue weighted by Gasteiger charge is 2.26. The zero-order valence-electron chi connectivity index (χ0n) is 36.6. The van der Waals surface area contributed by atoms with Crippen LogP contribution in [0.5, 0.6) is 0 Å². The molecule has 10 heteroatoms. The number of phosphoric ester groups is 1. The van der Waals surface area contributed by atoms with Crippen molar-refractivity contribution in [1.82, 2.24) is 0 Å². The van der Waals surface area contributed by atoms with Crippen LogP contribution in [0.3, 0.4) is 0 Å². The van der Waals surface area contributed by atoms with E-state index in [2.05, 4.69) is 26.0 Å². The molecule has 9 nitrogen and oxygen atoms in total.